The lowest BCUT2D eigenvalue weighted by Gasteiger charge is -2.43. The highest BCUT2D eigenvalue weighted by atomic mass is 32.2. The summed E-state index contributed by atoms with van der Waals surface area (Å²) in [4.78, 5) is 60.8. The maximum atomic E-state index is 13.3. The van der Waals surface area contributed by atoms with E-state index < -0.39 is 58.3 Å². The van der Waals surface area contributed by atoms with E-state index in [-0.39, 0.29) is 37.0 Å². The lowest BCUT2D eigenvalue weighted by Crippen LogP contribution is -2.64. The van der Waals surface area contributed by atoms with Gasteiger partial charge in [-0.2, -0.15) is 4.72 Å². The lowest BCUT2D eigenvalue weighted by molar-refractivity contribution is -0.176. The third kappa shape index (κ3) is 5.54. The van der Waals surface area contributed by atoms with E-state index in [0.717, 1.165) is 10.0 Å². The van der Waals surface area contributed by atoms with E-state index in [2.05, 4.69) is 10.0 Å². The first kappa shape index (κ1) is 24.3. The molecule has 0 bridgehead atoms. The Hall–Kier alpha value is -3.32. The van der Waals surface area contributed by atoms with Crippen molar-refractivity contribution in [3.05, 3.63) is 30.3 Å². The van der Waals surface area contributed by atoms with Gasteiger partial charge in [0.25, 0.3) is 5.91 Å². The zero-order valence-corrected chi connectivity index (χ0v) is 18.4. The Balaban J connectivity index is 1.85. The number of carboxylic acid groups (broad SMARTS) is 1. The molecule has 2 heterocycles. The molecule has 0 spiro atoms. The van der Waals surface area contributed by atoms with Crippen LogP contribution in [-0.2, 0) is 34.0 Å². The van der Waals surface area contributed by atoms with Gasteiger partial charge in [0.05, 0.1) is 17.4 Å². The van der Waals surface area contributed by atoms with Crippen molar-refractivity contribution in [1.82, 2.24) is 20.1 Å². The number of hydrogen-bond donors (Lipinski definition) is 3. The average molecular weight is 480 g/mol. The second-order valence-electron chi connectivity index (χ2n) is 7.73. The molecular formula is C20H24N4O8S. The van der Waals surface area contributed by atoms with Crippen LogP contribution in [-0.4, -0.2) is 78.2 Å². The fourth-order valence-corrected chi connectivity index (χ4v) is 5.08. The molecule has 0 aromatic heterocycles. The van der Waals surface area contributed by atoms with Crippen molar-refractivity contribution in [2.45, 2.75) is 55.1 Å². The normalized spacial score (nSPS) is 22.2. The van der Waals surface area contributed by atoms with Gasteiger partial charge in [0.15, 0.2) is 0 Å². The quantitative estimate of drug-likeness (QED) is 0.399. The Labute approximate surface area is 189 Å². The standard InChI is InChI=1S/C20H24N4O8S/c25-12-13(11-18(27)28)21-19(29)16-7-4-10-23-17(26)9-8-15(20(30)24(16)23)22-33(31,32)14-5-2-1-3-6-14/h1-3,5-6,12-13,15-16,22H,4,7-11H2,(H,21,29)(H,27,28)/t13?,15-,16?/m0/s1. The van der Waals surface area contributed by atoms with Crippen molar-refractivity contribution >= 4 is 40.0 Å². The van der Waals surface area contributed by atoms with Crippen LogP contribution in [0, 0.1) is 0 Å². The highest BCUT2D eigenvalue weighted by Crippen LogP contribution is 2.26. The summed E-state index contributed by atoms with van der Waals surface area (Å²) in [5.41, 5.74) is 0. The van der Waals surface area contributed by atoms with Crippen molar-refractivity contribution in [3.63, 3.8) is 0 Å². The van der Waals surface area contributed by atoms with E-state index in [1.54, 1.807) is 6.07 Å². The number of rotatable bonds is 8. The molecule has 3 atom stereocenters. The first-order valence-corrected chi connectivity index (χ1v) is 11.8. The number of hydrogen-bond acceptors (Lipinski definition) is 7. The molecule has 2 saturated heterocycles. The number of sulfonamides is 1. The Bertz CT molecular complexity index is 1050. The van der Waals surface area contributed by atoms with Crippen LogP contribution in [0.1, 0.15) is 32.1 Å². The second kappa shape index (κ2) is 10.1. The number of carbonyl (C=O) groups excluding carboxylic acids is 4. The van der Waals surface area contributed by atoms with E-state index >= 15 is 0 Å². The highest BCUT2D eigenvalue weighted by Gasteiger charge is 2.45. The van der Waals surface area contributed by atoms with Crippen molar-refractivity contribution < 1.29 is 37.5 Å². The first-order chi connectivity index (χ1) is 15.6. The Morgan fingerprint density at radius 3 is 2.52 bits per heavy atom. The smallest absolute Gasteiger partial charge is 0.305 e. The molecule has 0 saturated carbocycles. The van der Waals surface area contributed by atoms with Gasteiger partial charge in [0.2, 0.25) is 21.8 Å². The number of nitrogens with one attached hydrogen (secondary N) is 2. The molecular weight excluding hydrogens is 456 g/mol. The molecule has 2 aliphatic rings. The van der Waals surface area contributed by atoms with E-state index in [1.807, 2.05) is 0 Å². The van der Waals surface area contributed by atoms with Gasteiger partial charge in [-0.25, -0.2) is 13.4 Å². The summed E-state index contributed by atoms with van der Waals surface area (Å²) in [6.07, 6.45) is -0.0384. The number of fused-ring (bicyclic) bond motifs is 1. The van der Waals surface area contributed by atoms with Gasteiger partial charge in [0.1, 0.15) is 18.4 Å². The molecule has 3 amide bonds. The monoisotopic (exact) mass is 480 g/mol. The van der Waals surface area contributed by atoms with Gasteiger partial charge in [-0.3, -0.25) is 24.2 Å². The van der Waals surface area contributed by atoms with Crippen LogP contribution in [0.5, 0.6) is 0 Å². The van der Waals surface area contributed by atoms with Crippen LogP contribution in [0.25, 0.3) is 0 Å². The van der Waals surface area contributed by atoms with Crippen LogP contribution >= 0.6 is 0 Å². The Morgan fingerprint density at radius 1 is 1.18 bits per heavy atom. The van der Waals surface area contributed by atoms with E-state index in [9.17, 15) is 32.4 Å². The second-order valence-corrected chi connectivity index (χ2v) is 9.45. The largest absolute Gasteiger partial charge is 0.481 e. The summed E-state index contributed by atoms with van der Waals surface area (Å²) in [5, 5.41) is 13.2. The molecule has 3 N–H and O–H groups in total. The van der Waals surface area contributed by atoms with Crippen molar-refractivity contribution in [2.75, 3.05) is 6.54 Å². The predicted octanol–water partition coefficient (Wildman–Crippen LogP) is -0.980. The summed E-state index contributed by atoms with van der Waals surface area (Å²) in [6.45, 7) is 0.165. The Kier molecular flexibility index (Phi) is 7.43. The summed E-state index contributed by atoms with van der Waals surface area (Å²) >= 11 is 0. The van der Waals surface area contributed by atoms with Crippen molar-refractivity contribution in [3.8, 4) is 0 Å². The van der Waals surface area contributed by atoms with Crippen LogP contribution in [0.3, 0.4) is 0 Å². The van der Waals surface area contributed by atoms with Crippen molar-refractivity contribution in [1.29, 1.82) is 0 Å². The average Bonchev–Trinajstić information content (AvgIpc) is 2.90. The van der Waals surface area contributed by atoms with Gasteiger partial charge >= 0.3 is 5.97 Å². The topological polar surface area (TPSA) is 170 Å². The van der Waals surface area contributed by atoms with Gasteiger partial charge < -0.3 is 15.2 Å². The molecule has 178 valence electrons. The molecule has 3 rings (SSSR count). The molecule has 33 heavy (non-hydrogen) atoms. The van der Waals surface area contributed by atoms with Crippen LogP contribution < -0.4 is 10.0 Å². The highest BCUT2D eigenvalue weighted by molar-refractivity contribution is 7.89. The molecule has 12 nitrogen and oxygen atoms in total. The molecule has 1 aromatic carbocycles. The maximum absolute atomic E-state index is 13.3. The lowest BCUT2D eigenvalue weighted by atomic mass is 10.1. The molecule has 0 radical (unpaired) electrons. The molecule has 2 aliphatic heterocycles. The predicted molar refractivity (Wildman–Crippen MR) is 112 cm³/mol. The zero-order chi connectivity index (χ0) is 24.2. The van der Waals surface area contributed by atoms with E-state index in [0.29, 0.717) is 6.42 Å². The van der Waals surface area contributed by atoms with Gasteiger partial charge in [-0.05, 0) is 31.4 Å². The summed E-state index contributed by atoms with van der Waals surface area (Å²) < 4.78 is 27.8. The number of aldehydes is 1. The van der Waals surface area contributed by atoms with Gasteiger partial charge in [-0.1, -0.05) is 18.2 Å². The molecule has 13 heteroatoms. The SMILES string of the molecule is O=CC(CC(=O)O)NC(=O)C1CCCN2C(=O)CC[C@H](NS(=O)(=O)c3ccccc3)C(=O)N12. The molecule has 2 fully saturated rings. The van der Waals surface area contributed by atoms with Gasteiger partial charge in [0, 0.05) is 13.0 Å². The minimum atomic E-state index is -4.08. The van der Waals surface area contributed by atoms with Crippen LogP contribution in [0.4, 0.5) is 0 Å². The third-order valence-corrected chi connectivity index (χ3v) is 6.89. The number of amides is 3. The van der Waals surface area contributed by atoms with Crippen LogP contribution in [0.2, 0.25) is 0 Å². The fraction of sp³-hybridized carbons (Fsp3) is 0.450. The summed E-state index contributed by atoms with van der Waals surface area (Å²) in [6, 6.07) is 3.61. The fourth-order valence-electron chi connectivity index (χ4n) is 3.84. The van der Waals surface area contributed by atoms with Gasteiger partial charge in [-0.15, -0.1) is 0 Å². The maximum Gasteiger partial charge on any atom is 0.305 e. The number of carbonyl (C=O) groups is 5. The van der Waals surface area contributed by atoms with Crippen molar-refractivity contribution in [2.24, 2.45) is 0 Å². The number of nitrogens with zero attached hydrogens (tertiary/aromatic N) is 2. The molecule has 2 unspecified atom stereocenters. The Morgan fingerprint density at radius 2 is 1.88 bits per heavy atom. The molecule has 0 aliphatic carbocycles. The van der Waals surface area contributed by atoms with E-state index in [4.69, 9.17) is 5.11 Å². The minimum Gasteiger partial charge on any atom is -0.481 e. The molecule has 1 aromatic rings. The third-order valence-electron chi connectivity index (χ3n) is 5.40. The zero-order valence-electron chi connectivity index (χ0n) is 17.5. The summed E-state index contributed by atoms with van der Waals surface area (Å²) in [5.74, 6) is -3.32. The minimum absolute atomic E-state index is 0.0549. The number of aliphatic carboxylic acids is 1. The number of benzene rings is 1. The summed E-state index contributed by atoms with van der Waals surface area (Å²) in [7, 11) is -4.08. The number of hydrazine groups is 1. The van der Waals surface area contributed by atoms with Crippen LogP contribution in [0.15, 0.2) is 35.2 Å². The first-order valence-electron chi connectivity index (χ1n) is 10.3. The van der Waals surface area contributed by atoms with E-state index in [1.165, 1.54) is 24.3 Å². The number of carboxylic acids is 1.